The van der Waals surface area contributed by atoms with Crippen molar-refractivity contribution in [2.75, 3.05) is 32.9 Å². The van der Waals surface area contributed by atoms with Crippen LogP contribution in [-0.2, 0) is 0 Å². The monoisotopic (exact) mass is 300 g/mol. The number of hydrogen-bond acceptors (Lipinski definition) is 3. The first-order valence-electron chi connectivity index (χ1n) is 5.38. The molecule has 2 heterocycles. The van der Waals surface area contributed by atoms with Crippen LogP contribution in [0.5, 0.6) is 0 Å². The summed E-state index contributed by atoms with van der Waals surface area (Å²) in [5, 5.41) is 3.29. The summed E-state index contributed by atoms with van der Waals surface area (Å²) in [7, 11) is 0. The molecule has 1 aromatic rings. The number of aryl methyl sites for hydroxylation is 1. The third-order valence-corrected chi connectivity index (χ3v) is 3.93. The molecule has 0 saturated carbocycles. The van der Waals surface area contributed by atoms with Crippen LogP contribution in [-0.4, -0.2) is 37.8 Å². The zero-order valence-electron chi connectivity index (χ0n) is 9.82. The lowest BCUT2D eigenvalue weighted by Crippen LogP contribution is -2.45. The number of nitrogens with zero attached hydrogens (tertiary/aromatic N) is 1. The van der Waals surface area contributed by atoms with Gasteiger partial charge in [-0.25, -0.2) is 4.39 Å². The minimum Gasteiger partial charge on any atom is -0.314 e. The quantitative estimate of drug-likeness (QED) is 0.923. The second kappa shape index (κ2) is 8.27. The fraction of sp³-hybridized carbons (Fsp3) is 0.636. The molecule has 1 aromatic heterocycles. The van der Waals surface area contributed by atoms with Crippen molar-refractivity contribution in [3.8, 4) is 0 Å². The maximum Gasteiger partial charge on any atom is 0.110 e. The fourth-order valence-corrected chi connectivity index (χ4v) is 2.97. The van der Waals surface area contributed by atoms with Gasteiger partial charge in [-0.15, -0.1) is 36.2 Å². The molecule has 0 amide bonds. The molecule has 0 unspecified atom stereocenters. The summed E-state index contributed by atoms with van der Waals surface area (Å²) in [5.41, 5.74) is 0. The van der Waals surface area contributed by atoms with Crippen LogP contribution >= 0.6 is 36.2 Å². The van der Waals surface area contributed by atoms with Crippen LogP contribution in [0.15, 0.2) is 12.1 Å². The number of rotatable bonds is 3. The van der Waals surface area contributed by atoms with Gasteiger partial charge in [0.05, 0.1) is 6.04 Å². The highest BCUT2D eigenvalue weighted by Gasteiger charge is 2.22. The van der Waals surface area contributed by atoms with Crippen molar-refractivity contribution in [1.82, 2.24) is 10.2 Å². The minimum atomic E-state index is -0.278. The van der Waals surface area contributed by atoms with Crippen LogP contribution in [0.3, 0.4) is 0 Å². The Hall–Kier alpha value is 0.130. The molecule has 0 aliphatic carbocycles. The molecule has 0 spiro atoms. The Labute approximate surface area is 118 Å². The van der Waals surface area contributed by atoms with E-state index in [9.17, 15) is 4.39 Å². The molecule has 0 radical (unpaired) electrons. The van der Waals surface area contributed by atoms with Gasteiger partial charge < -0.3 is 5.32 Å². The Bertz CT molecular complexity index is 316. The van der Waals surface area contributed by atoms with E-state index >= 15 is 0 Å². The third-order valence-electron chi connectivity index (χ3n) is 2.83. The molecule has 1 atom stereocenters. The van der Waals surface area contributed by atoms with Gasteiger partial charge >= 0.3 is 0 Å². The van der Waals surface area contributed by atoms with E-state index in [1.165, 1.54) is 4.88 Å². The zero-order chi connectivity index (χ0) is 10.7. The fourth-order valence-electron chi connectivity index (χ4n) is 1.98. The molecular weight excluding hydrogens is 282 g/mol. The molecule has 0 bridgehead atoms. The van der Waals surface area contributed by atoms with Crippen molar-refractivity contribution in [1.29, 1.82) is 0 Å². The first-order valence-corrected chi connectivity index (χ1v) is 6.20. The van der Waals surface area contributed by atoms with Crippen LogP contribution in [0, 0.1) is 6.92 Å². The molecule has 6 heteroatoms. The summed E-state index contributed by atoms with van der Waals surface area (Å²) in [4.78, 5) is 4.66. The van der Waals surface area contributed by atoms with E-state index in [2.05, 4.69) is 29.3 Å². The van der Waals surface area contributed by atoms with Crippen molar-refractivity contribution in [2.45, 2.75) is 13.0 Å². The Morgan fingerprint density at radius 2 is 2.00 bits per heavy atom. The number of thiophene rings is 1. The highest BCUT2D eigenvalue weighted by atomic mass is 35.5. The standard InChI is InChI=1S/C11H17FN2S.2ClH/c1-9-2-3-11(15-9)10(8-12)14-6-4-13-5-7-14;;/h2-3,10,13H,4-8H2,1H3;2*1H/t10-;;/m0../s1. The van der Waals surface area contributed by atoms with E-state index in [0.29, 0.717) is 0 Å². The topological polar surface area (TPSA) is 15.3 Å². The van der Waals surface area contributed by atoms with Crippen LogP contribution < -0.4 is 5.32 Å². The molecule has 1 fully saturated rings. The predicted octanol–water partition coefficient (Wildman–Crippen LogP) is 2.82. The van der Waals surface area contributed by atoms with Gasteiger partial charge in [0.2, 0.25) is 0 Å². The SMILES string of the molecule is Cc1ccc([C@H](CF)N2CCNCC2)s1.Cl.Cl. The number of alkyl halides is 1. The number of halogens is 3. The Balaban J connectivity index is 0.00000128. The van der Waals surface area contributed by atoms with Crippen LogP contribution in [0.1, 0.15) is 15.8 Å². The van der Waals surface area contributed by atoms with Gasteiger partial charge in [0.15, 0.2) is 0 Å². The molecule has 17 heavy (non-hydrogen) atoms. The summed E-state index contributed by atoms with van der Waals surface area (Å²) in [6.45, 7) is 5.64. The smallest absolute Gasteiger partial charge is 0.110 e. The van der Waals surface area contributed by atoms with E-state index in [4.69, 9.17) is 0 Å². The Morgan fingerprint density at radius 1 is 1.35 bits per heavy atom. The lowest BCUT2D eigenvalue weighted by molar-refractivity contribution is 0.150. The Kier molecular flexibility index (Phi) is 8.33. The number of nitrogens with one attached hydrogen (secondary N) is 1. The largest absolute Gasteiger partial charge is 0.314 e. The summed E-state index contributed by atoms with van der Waals surface area (Å²) in [5.74, 6) is 0. The maximum absolute atomic E-state index is 13.1. The van der Waals surface area contributed by atoms with Gasteiger partial charge in [-0.05, 0) is 19.1 Å². The zero-order valence-corrected chi connectivity index (χ0v) is 12.3. The average molecular weight is 301 g/mol. The van der Waals surface area contributed by atoms with Gasteiger partial charge in [0.1, 0.15) is 6.67 Å². The van der Waals surface area contributed by atoms with E-state index in [-0.39, 0.29) is 37.5 Å². The molecule has 2 nitrogen and oxygen atoms in total. The van der Waals surface area contributed by atoms with E-state index < -0.39 is 0 Å². The summed E-state index contributed by atoms with van der Waals surface area (Å²) in [6, 6.07) is 4.11. The lowest BCUT2D eigenvalue weighted by atomic mass is 10.2. The molecule has 0 aromatic carbocycles. The van der Waals surface area contributed by atoms with Gasteiger partial charge in [-0.3, -0.25) is 4.90 Å². The normalized spacial score (nSPS) is 18.0. The number of piperazine rings is 1. The minimum absolute atomic E-state index is 0. The van der Waals surface area contributed by atoms with E-state index in [0.717, 1.165) is 31.1 Å². The van der Waals surface area contributed by atoms with Crippen LogP contribution in [0.25, 0.3) is 0 Å². The second-order valence-corrected chi connectivity index (χ2v) is 5.22. The molecule has 1 saturated heterocycles. The van der Waals surface area contributed by atoms with Crippen molar-refractivity contribution < 1.29 is 4.39 Å². The van der Waals surface area contributed by atoms with Crippen molar-refractivity contribution in [3.63, 3.8) is 0 Å². The van der Waals surface area contributed by atoms with Gasteiger partial charge in [-0.2, -0.15) is 0 Å². The maximum atomic E-state index is 13.1. The second-order valence-electron chi connectivity index (χ2n) is 3.90. The molecular formula is C11H19Cl2FN2S. The average Bonchev–Trinajstić information content (AvgIpc) is 2.68. The van der Waals surface area contributed by atoms with Crippen molar-refractivity contribution >= 4 is 36.2 Å². The summed E-state index contributed by atoms with van der Waals surface area (Å²) >= 11 is 1.71. The summed E-state index contributed by atoms with van der Waals surface area (Å²) < 4.78 is 13.1. The van der Waals surface area contributed by atoms with E-state index in [1.807, 2.05) is 0 Å². The van der Waals surface area contributed by atoms with E-state index in [1.54, 1.807) is 11.3 Å². The van der Waals surface area contributed by atoms with Crippen LogP contribution in [0.4, 0.5) is 4.39 Å². The van der Waals surface area contributed by atoms with Gasteiger partial charge in [0.25, 0.3) is 0 Å². The van der Waals surface area contributed by atoms with Crippen molar-refractivity contribution in [3.05, 3.63) is 21.9 Å². The van der Waals surface area contributed by atoms with Crippen LogP contribution in [0.2, 0.25) is 0 Å². The Morgan fingerprint density at radius 3 is 2.47 bits per heavy atom. The first-order chi connectivity index (χ1) is 7.31. The highest BCUT2D eigenvalue weighted by molar-refractivity contribution is 7.12. The first kappa shape index (κ1) is 17.1. The van der Waals surface area contributed by atoms with Gasteiger partial charge in [-0.1, -0.05) is 0 Å². The molecule has 100 valence electrons. The van der Waals surface area contributed by atoms with Crippen molar-refractivity contribution in [2.24, 2.45) is 0 Å². The third kappa shape index (κ3) is 4.38. The molecule has 2 rings (SSSR count). The predicted molar refractivity (Wildman–Crippen MR) is 76.7 cm³/mol. The summed E-state index contributed by atoms with van der Waals surface area (Å²) in [6.07, 6.45) is 0. The number of hydrogen-bond donors (Lipinski definition) is 1. The lowest BCUT2D eigenvalue weighted by Gasteiger charge is -2.32. The molecule has 1 N–H and O–H groups in total. The highest BCUT2D eigenvalue weighted by Crippen LogP contribution is 2.28. The molecule has 1 aliphatic rings. The molecule has 1 aliphatic heterocycles. The van der Waals surface area contributed by atoms with Gasteiger partial charge in [0, 0.05) is 35.9 Å².